The van der Waals surface area contributed by atoms with Crippen molar-refractivity contribution in [2.24, 2.45) is 17.1 Å². The lowest BCUT2D eigenvalue weighted by molar-refractivity contribution is -0.210. The average molecular weight is 386 g/mol. The van der Waals surface area contributed by atoms with E-state index in [1.54, 1.807) is 17.5 Å². The molecule has 4 rings (SSSR count). The Morgan fingerprint density at radius 1 is 1.18 bits per heavy atom. The van der Waals surface area contributed by atoms with Gasteiger partial charge in [0.1, 0.15) is 5.54 Å². The third-order valence-electron chi connectivity index (χ3n) is 6.76. The van der Waals surface area contributed by atoms with Gasteiger partial charge in [0.25, 0.3) is 0 Å². The van der Waals surface area contributed by atoms with Crippen LogP contribution in [-0.2, 0) is 19.2 Å². The highest BCUT2D eigenvalue weighted by atomic mass is 16.7. The predicted octanol–water partition coefficient (Wildman–Crippen LogP) is 0.708. The quantitative estimate of drug-likeness (QED) is 0.757. The van der Waals surface area contributed by atoms with Crippen molar-refractivity contribution in [1.29, 1.82) is 0 Å². The number of pyridine rings is 1. The normalized spacial score (nSPS) is 33.6. The second-order valence-corrected chi connectivity index (χ2v) is 8.09. The van der Waals surface area contributed by atoms with Gasteiger partial charge < -0.3 is 15.5 Å². The Morgan fingerprint density at radius 2 is 1.86 bits per heavy atom. The first-order valence-corrected chi connectivity index (χ1v) is 9.87. The maximum absolute atomic E-state index is 13.2. The van der Waals surface area contributed by atoms with E-state index >= 15 is 0 Å². The number of carbonyl (C=O) groups excluding carboxylic acids is 3. The molecule has 2 N–H and O–H groups in total. The number of anilines is 1. The van der Waals surface area contributed by atoms with Crippen molar-refractivity contribution in [2.75, 3.05) is 31.1 Å². The minimum atomic E-state index is -1.54. The third-order valence-corrected chi connectivity index (χ3v) is 6.76. The van der Waals surface area contributed by atoms with Crippen molar-refractivity contribution >= 4 is 23.2 Å². The fourth-order valence-corrected chi connectivity index (χ4v) is 5.03. The van der Waals surface area contributed by atoms with Crippen LogP contribution in [0, 0.1) is 11.3 Å². The Balaban J connectivity index is 1.48. The van der Waals surface area contributed by atoms with Gasteiger partial charge >= 0.3 is 5.97 Å². The van der Waals surface area contributed by atoms with Crippen molar-refractivity contribution in [3.05, 3.63) is 24.5 Å². The standard InChI is InChI=1S/C20H26N4O4/c1-14-3-2-6-19(16(25)13-17(26)20(14,19)21)18(27)28-24-11-9-23(10-12-24)15-4-7-22-8-5-15/h4-5,7-8,14H,2-3,6,9-13,21H2,1H3. The van der Waals surface area contributed by atoms with Crippen LogP contribution in [0.1, 0.15) is 32.6 Å². The molecule has 8 heteroatoms. The van der Waals surface area contributed by atoms with Crippen molar-refractivity contribution in [1.82, 2.24) is 10.0 Å². The molecule has 28 heavy (non-hydrogen) atoms. The third kappa shape index (κ3) is 2.66. The zero-order chi connectivity index (χ0) is 19.9. The van der Waals surface area contributed by atoms with Crippen LogP contribution in [0.25, 0.3) is 0 Å². The lowest BCUT2D eigenvalue weighted by Gasteiger charge is -2.47. The second-order valence-electron chi connectivity index (χ2n) is 8.09. The molecule has 2 saturated carbocycles. The second kappa shape index (κ2) is 6.93. The first-order chi connectivity index (χ1) is 13.4. The van der Waals surface area contributed by atoms with Crippen molar-refractivity contribution in [2.45, 2.75) is 38.1 Å². The molecule has 0 radical (unpaired) electrons. The van der Waals surface area contributed by atoms with Crippen LogP contribution in [0.2, 0.25) is 0 Å². The van der Waals surface area contributed by atoms with Crippen LogP contribution in [0.15, 0.2) is 24.5 Å². The van der Waals surface area contributed by atoms with E-state index in [9.17, 15) is 14.4 Å². The smallest absolute Gasteiger partial charge is 0.340 e. The summed E-state index contributed by atoms with van der Waals surface area (Å²) < 4.78 is 0. The highest BCUT2D eigenvalue weighted by molar-refractivity contribution is 6.23. The van der Waals surface area contributed by atoms with Gasteiger partial charge in [0, 0.05) is 31.2 Å². The number of hydroxylamine groups is 2. The van der Waals surface area contributed by atoms with Crippen molar-refractivity contribution < 1.29 is 19.2 Å². The number of carbonyl (C=O) groups is 3. The van der Waals surface area contributed by atoms with E-state index in [4.69, 9.17) is 10.6 Å². The fraction of sp³-hybridized carbons (Fsp3) is 0.600. The molecule has 1 aliphatic heterocycles. The van der Waals surface area contributed by atoms with Crippen molar-refractivity contribution in [3.63, 3.8) is 0 Å². The molecule has 150 valence electrons. The summed E-state index contributed by atoms with van der Waals surface area (Å²) in [6, 6.07) is 3.88. The number of hydrogen-bond acceptors (Lipinski definition) is 8. The minimum absolute atomic E-state index is 0.226. The molecule has 3 unspecified atom stereocenters. The molecular formula is C20H26N4O4. The first kappa shape index (κ1) is 19.0. The molecule has 2 aliphatic carbocycles. The van der Waals surface area contributed by atoms with E-state index in [-0.39, 0.29) is 30.3 Å². The molecule has 8 nitrogen and oxygen atoms in total. The summed E-state index contributed by atoms with van der Waals surface area (Å²) in [7, 11) is 0. The van der Waals surface area contributed by atoms with E-state index in [1.807, 2.05) is 19.1 Å². The number of hydrogen-bond donors (Lipinski definition) is 1. The van der Waals surface area contributed by atoms with Gasteiger partial charge in [-0.15, -0.1) is 5.06 Å². The number of aromatic nitrogens is 1. The number of nitrogens with two attached hydrogens (primary N) is 1. The van der Waals surface area contributed by atoms with E-state index < -0.39 is 16.9 Å². The number of piperazine rings is 1. The van der Waals surface area contributed by atoms with Gasteiger partial charge in [-0.2, -0.15) is 0 Å². The molecule has 2 heterocycles. The highest BCUT2D eigenvalue weighted by Crippen LogP contribution is 2.53. The summed E-state index contributed by atoms with van der Waals surface area (Å²) in [5.41, 5.74) is 4.56. The van der Waals surface area contributed by atoms with Crippen LogP contribution in [0.3, 0.4) is 0 Å². The Kier molecular flexibility index (Phi) is 4.71. The molecule has 0 bridgehead atoms. The summed E-state index contributed by atoms with van der Waals surface area (Å²) >= 11 is 0. The van der Waals surface area contributed by atoms with E-state index in [0.29, 0.717) is 32.6 Å². The monoisotopic (exact) mass is 386 g/mol. The van der Waals surface area contributed by atoms with E-state index in [2.05, 4.69) is 9.88 Å². The Hall–Kier alpha value is -2.32. The van der Waals surface area contributed by atoms with Gasteiger partial charge in [-0.25, -0.2) is 4.79 Å². The van der Waals surface area contributed by atoms with E-state index in [1.165, 1.54) is 0 Å². The fourth-order valence-electron chi connectivity index (χ4n) is 5.03. The number of fused-ring (bicyclic) bond motifs is 1. The lowest BCUT2D eigenvalue weighted by Crippen LogP contribution is -2.68. The Bertz CT molecular complexity index is 793. The molecular weight excluding hydrogens is 360 g/mol. The molecule has 1 aromatic heterocycles. The maximum atomic E-state index is 13.2. The lowest BCUT2D eigenvalue weighted by atomic mass is 9.58. The van der Waals surface area contributed by atoms with Gasteiger partial charge in [0.05, 0.1) is 19.5 Å². The van der Waals surface area contributed by atoms with Gasteiger partial charge in [0.15, 0.2) is 17.0 Å². The molecule has 3 atom stereocenters. The number of ketones is 2. The van der Waals surface area contributed by atoms with Crippen LogP contribution in [0.4, 0.5) is 5.69 Å². The Labute approximate surface area is 164 Å². The van der Waals surface area contributed by atoms with Gasteiger partial charge in [-0.3, -0.25) is 14.6 Å². The number of Topliss-reactive ketones (excluding diaryl/α,β-unsaturated/α-hetero) is 2. The van der Waals surface area contributed by atoms with E-state index in [0.717, 1.165) is 12.1 Å². The maximum Gasteiger partial charge on any atom is 0.340 e. The summed E-state index contributed by atoms with van der Waals surface area (Å²) in [4.78, 5) is 50.4. The Morgan fingerprint density at radius 3 is 2.54 bits per heavy atom. The van der Waals surface area contributed by atoms with Crippen LogP contribution in [0.5, 0.6) is 0 Å². The summed E-state index contributed by atoms with van der Waals surface area (Å²) in [6.45, 7) is 4.24. The molecule has 0 amide bonds. The number of rotatable bonds is 3. The largest absolute Gasteiger partial charge is 0.369 e. The molecule has 1 aromatic rings. The summed E-state index contributed by atoms with van der Waals surface area (Å²) in [5.74, 6) is -1.60. The average Bonchev–Trinajstić information content (AvgIpc) is 2.91. The zero-order valence-electron chi connectivity index (χ0n) is 16.1. The van der Waals surface area contributed by atoms with Gasteiger partial charge in [-0.1, -0.05) is 13.3 Å². The van der Waals surface area contributed by atoms with Crippen LogP contribution < -0.4 is 10.6 Å². The molecule has 3 aliphatic rings. The minimum Gasteiger partial charge on any atom is -0.369 e. The molecule has 1 saturated heterocycles. The predicted molar refractivity (Wildman–Crippen MR) is 101 cm³/mol. The van der Waals surface area contributed by atoms with Gasteiger partial charge in [-0.05, 0) is 30.9 Å². The topological polar surface area (TPSA) is 106 Å². The van der Waals surface area contributed by atoms with Crippen LogP contribution in [-0.4, -0.2) is 59.3 Å². The molecule has 0 aromatic carbocycles. The SMILES string of the molecule is CC1CCCC2(C(=O)ON3CCN(c4ccncc4)CC3)C(=O)CC(=O)C12N. The highest BCUT2D eigenvalue weighted by Gasteiger charge is 2.71. The molecule has 0 spiro atoms. The zero-order valence-corrected chi connectivity index (χ0v) is 16.1. The summed E-state index contributed by atoms with van der Waals surface area (Å²) in [6.07, 6.45) is 4.92. The van der Waals surface area contributed by atoms with Gasteiger partial charge in [0.2, 0.25) is 0 Å². The summed E-state index contributed by atoms with van der Waals surface area (Å²) in [5, 5.41) is 1.59. The first-order valence-electron chi connectivity index (χ1n) is 9.87. The van der Waals surface area contributed by atoms with Crippen molar-refractivity contribution in [3.8, 4) is 0 Å². The van der Waals surface area contributed by atoms with Crippen LogP contribution >= 0.6 is 0 Å². The number of nitrogens with zero attached hydrogens (tertiary/aromatic N) is 3. The molecule has 3 fully saturated rings.